The second-order valence-corrected chi connectivity index (χ2v) is 2.74. The summed E-state index contributed by atoms with van der Waals surface area (Å²) in [6.45, 7) is -0.296. The fourth-order valence-corrected chi connectivity index (χ4v) is 1.04. The van der Waals surface area contributed by atoms with Crippen LogP contribution in [0.1, 0.15) is 11.1 Å². The van der Waals surface area contributed by atoms with Gasteiger partial charge in [0.25, 0.3) is 0 Å². The average molecular weight is 199 g/mol. The first-order valence-corrected chi connectivity index (χ1v) is 3.98. The largest absolute Gasteiger partial charge is 0.465 e. The molecule has 0 saturated heterocycles. The summed E-state index contributed by atoms with van der Waals surface area (Å²) in [6, 6.07) is 4.08. The van der Waals surface area contributed by atoms with Crippen molar-refractivity contribution in [1.82, 2.24) is 5.32 Å². The van der Waals surface area contributed by atoms with E-state index >= 15 is 0 Å². The minimum Gasteiger partial charge on any atom is -0.465 e. The standard InChI is InChI=1S/C9H10FNO3/c10-8-2-1-6(3-7(8)5-12)4-11-9(13)14/h1-3,11-12H,4-5H2,(H,13,14). The number of hydrogen-bond donors (Lipinski definition) is 3. The van der Waals surface area contributed by atoms with Gasteiger partial charge in [0, 0.05) is 12.1 Å². The topological polar surface area (TPSA) is 69.6 Å². The van der Waals surface area contributed by atoms with Crippen molar-refractivity contribution in [3.63, 3.8) is 0 Å². The maximum atomic E-state index is 12.9. The van der Waals surface area contributed by atoms with Crippen LogP contribution in [0.5, 0.6) is 0 Å². The molecule has 0 unspecified atom stereocenters. The molecule has 0 aliphatic heterocycles. The molecule has 0 aromatic heterocycles. The molecule has 5 heteroatoms. The number of benzene rings is 1. The van der Waals surface area contributed by atoms with Gasteiger partial charge in [-0.05, 0) is 17.7 Å². The maximum Gasteiger partial charge on any atom is 0.404 e. The molecular weight excluding hydrogens is 189 g/mol. The Kier molecular flexibility index (Phi) is 3.41. The summed E-state index contributed by atoms with van der Waals surface area (Å²) in [5, 5.41) is 19.2. The first kappa shape index (κ1) is 10.5. The highest BCUT2D eigenvalue weighted by molar-refractivity contribution is 5.64. The second-order valence-electron chi connectivity index (χ2n) is 2.74. The molecule has 1 aromatic rings. The van der Waals surface area contributed by atoms with E-state index in [0.29, 0.717) is 5.56 Å². The van der Waals surface area contributed by atoms with Crippen LogP contribution in [0.15, 0.2) is 18.2 Å². The molecular formula is C9H10FNO3. The van der Waals surface area contributed by atoms with E-state index in [0.717, 1.165) is 0 Å². The van der Waals surface area contributed by atoms with Crippen LogP contribution < -0.4 is 5.32 Å². The van der Waals surface area contributed by atoms with E-state index in [9.17, 15) is 9.18 Å². The number of amides is 1. The van der Waals surface area contributed by atoms with Crippen molar-refractivity contribution in [2.24, 2.45) is 0 Å². The molecule has 1 amide bonds. The first-order valence-electron chi connectivity index (χ1n) is 3.98. The van der Waals surface area contributed by atoms with Crippen molar-refractivity contribution in [2.75, 3.05) is 0 Å². The van der Waals surface area contributed by atoms with E-state index in [4.69, 9.17) is 10.2 Å². The molecule has 0 saturated carbocycles. The number of aliphatic hydroxyl groups excluding tert-OH is 1. The molecule has 1 aromatic carbocycles. The maximum absolute atomic E-state index is 12.9. The van der Waals surface area contributed by atoms with Crippen LogP contribution in [0.4, 0.5) is 9.18 Å². The third-order valence-corrected chi connectivity index (χ3v) is 1.72. The van der Waals surface area contributed by atoms with E-state index in [2.05, 4.69) is 5.32 Å². The van der Waals surface area contributed by atoms with Gasteiger partial charge in [-0.15, -0.1) is 0 Å². The van der Waals surface area contributed by atoms with Gasteiger partial charge in [-0.25, -0.2) is 9.18 Å². The summed E-state index contributed by atoms with van der Waals surface area (Å²) in [4.78, 5) is 10.2. The molecule has 0 atom stereocenters. The summed E-state index contributed by atoms with van der Waals surface area (Å²) in [5.74, 6) is -0.494. The highest BCUT2D eigenvalue weighted by Gasteiger charge is 2.03. The Bertz CT molecular complexity index is 341. The van der Waals surface area contributed by atoms with Crippen molar-refractivity contribution in [3.8, 4) is 0 Å². The van der Waals surface area contributed by atoms with Crippen molar-refractivity contribution in [2.45, 2.75) is 13.2 Å². The lowest BCUT2D eigenvalue weighted by Gasteiger charge is -2.04. The summed E-state index contributed by atoms with van der Waals surface area (Å²) < 4.78 is 12.9. The Morgan fingerprint density at radius 3 is 2.79 bits per heavy atom. The molecule has 0 aliphatic carbocycles. The molecule has 0 radical (unpaired) electrons. The van der Waals surface area contributed by atoms with Gasteiger partial charge in [-0.1, -0.05) is 6.07 Å². The van der Waals surface area contributed by atoms with Crippen molar-refractivity contribution in [1.29, 1.82) is 0 Å². The van der Waals surface area contributed by atoms with E-state index in [-0.39, 0.29) is 12.1 Å². The Hall–Kier alpha value is -1.62. The zero-order valence-electron chi connectivity index (χ0n) is 7.33. The molecule has 0 spiro atoms. The lowest BCUT2D eigenvalue weighted by Crippen LogP contribution is -2.20. The van der Waals surface area contributed by atoms with Crippen molar-refractivity contribution in [3.05, 3.63) is 35.1 Å². The van der Waals surface area contributed by atoms with Crippen LogP contribution in [0, 0.1) is 5.82 Å². The number of hydrogen-bond acceptors (Lipinski definition) is 2. The molecule has 1 rings (SSSR count). The van der Waals surface area contributed by atoms with Crippen molar-refractivity contribution < 1.29 is 19.4 Å². The summed E-state index contributed by atoms with van der Waals surface area (Å²) in [5.41, 5.74) is 0.771. The third-order valence-electron chi connectivity index (χ3n) is 1.72. The number of carbonyl (C=O) groups is 1. The fraction of sp³-hybridized carbons (Fsp3) is 0.222. The highest BCUT2D eigenvalue weighted by Crippen LogP contribution is 2.10. The van der Waals surface area contributed by atoms with Crippen LogP contribution in [-0.2, 0) is 13.2 Å². The SMILES string of the molecule is O=C(O)NCc1ccc(F)c(CO)c1. The molecule has 0 fully saturated rings. The predicted molar refractivity (Wildman–Crippen MR) is 47.2 cm³/mol. The quantitative estimate of drug-likeness (QED) is 0.682. The van der Waals surface area contributed by atoms with Gasteiger partial charge in [-0.2, -0.15) is 0 Å². The highest BCUT2D eigenvalue weighted by atomic mass is 19.1. The predicted octanol–water partition coefficient (Wildman–Crippen LogP) is 1.09. The second kappa shape index (κ2) is 4.57. The summed E-state index contributed by atoms with van der Waals surface area (Å²) >= 11 is 0. The van der Waals surface area contributed by atoms with E-state index in [1.807, 2.05) is 0 Å². The molecule has 14 heavy (non-hydrogen) atoms. The molecule has 0 bridgehead atoms. The Balaban J connectivity index is 2.74. The lowest BCUT2D eigenvalue weighted by atomic mass is 10.1. The molecule has 3 N–H and O–H groups in total. The smallest absolute Gasteiger partial charge is 0.404 e. The lowest BCUT2D eigenvalue weighted by molar-refractivity contribution is 0.194. The van der Waals surface area contributed by atoms with Crippen LogP contribution in [0.2, 0.25) is 0 Å². The van der Waals surface area contributed by atoms with Gasteiger partial charge in [-0.3, -0.25) is 0 Å². The molecule has 0 aliphatic rings. The molecule has 0 heterocycles. The van der Waals surface area contributed by atoms with Crippen LogP contribution >= 0.6 is 0 Å². The van der Waals surface area contributed by atoms with Gasteiger partial charge in [0.05, 0.1) is 6.61 Å². The zero-order valence-corrected chi connectivity index (χ0v) is 7.33. The van der Waals surface area contributed by atoms with Gasteiger partial charge < -0.3 is 15.5 Å². The van der Waals surface area contributed by atoms with Gasteiger partial charge in [0.15, 0.2) is 0 Å². The summed E-state index contributed by atoms with van der Waals surface area (Å²) in [6.07, 6.45) is -1.14. The van der Waals surface area contributed by atoms with E-state index in [1.165, 1.54) is 18.2 Å². The fourth-order valence-electron chi connectivity index (χ4n) is 1.04. The number of rotatable bonds is 3. The minimum absolute atomic E-state index is 0.0998. The number of halogens is 1. The normalized spacial score (nSPS) is 9.86. The minimum atomic E-state index is -1.14. The number of aliphatic hydroxyl groups is 1. The van der Waals surface area contributed by atoms with Gasteiger partial charge in [0.2, 0.25) is 0 Å². The molecule has 4 nitrogen and oxygen atoms in total. The Labute approximate surface area is 80.0 Å². The van der Waals surface area contributed by atoms with Gasteiger partial charge >= 0.3 is 6.09 Å². The summed E-state index contributed by atoms with van der Waals surface area (Å²) in [7, 11) is 0. The van der Waals surface area contributed by atoms with E-state index < -0.39 is 18.5 Å². The van der Waals surface area contributed by atoms with Crippen molar-refractivity contribution >= 4 is 6.09 Å². The van der Waals surface area contributed by atoms with Gasteiger partial charge in [0.1, 0.15) is 5.82 Å². The Morgan fingerprint density at radius 2 is 2.21 bits per heavy atom. The number of nitrogens with one attached hydrogen (secondary N) is 1. The monoisotopic (exact) mass is 199 g/mol. The average Bonchev–Trinajstić information content (AvgIpc) is 2.16. The molecule has 76 valence electrons. The third kappa shape index (κ3) is 2.70. The van der Waals surface area contributed by atoms with Crippen LogP contribution in [-0.4, -0.2) is 16.3 Å². The van der Waals surface area contributed by atoms with Crippen LogP contribution in [0.3, 0.4) is 0 Å². The van der Waals surface area contributed by atoms with E-state index in [1.54, 1.807) is 0 Å². The van der Waals surface area contributed by atoms with Crippen LogP contribution in [0.25, 0.3) is 0 Å². The Morgan fingerprint density at radius 1 is 1.50 bits per heavy atom. The zero-order chi connectivity index (χ0) is 10.6. The number of carboxylic acid groups (broad SMARTS) is 1. The first-order chi connectivity index (χ1) is 6.63.